The smallest absolute Gasteiger partial charge is 0.364 e. The molecule has 1 unspecified atom stereocenters. The lowest BCUT2D eigenvalue weighted by Crippen LogP contribution is -2.32. The number of fused-ring (bicyclic) bond motifs is 1. The number of hydrogen-bond acceptors (Lipinski definition) is 5. The maximum atomic E-state index is 13.5. The van der Waals surface area contributed by atoms with Crippen LogP contribution in [-0.2, 0) is 35.3 Å². The van der Waals surface area contributed by atoms with E-state index < -0.39 is 11.7 Å². The van der Waals surface area contributed by atoms with Gasteiger partial charge in [-0.3, -0.25) is 14.3 Å². The highest BCUT2D eigenvalue weighted by Crippen LogP contribution is 2.34. The third-order valence-electron chi connectivity index (χ3n) is 5.16. The van der Waals surface area contributed by atoms with E-state index in [4.69, 9.17) is 11.6 Å². The van der Waals surface area contributed by atoms with Crippen LogP contribution in [0.5, 0.6) is 0 Å². The minimum Gasteiger partial charge on any atom is -0.364 e. The van der Waals surface area contributed by atoms with Crippen molar-refractivity contribution in [2.45, 2.75) is 46.5 Å². The number of carbonyl (C=O) groups excluding carboxylic acids is 2. The summed E-state index contributed by atoms with van der Waals surface area (Å²) < 4.78 is 43.1. The molecule has 3 rings (SSSR count). The van der Waals surface area contributed by atoms with Crippen LogP contribution in [0.15, 0.2) is 40.1 Å². The number of allylic oxidation sites excluding steroid dienone is 2. The minimum absolute atomic E-state index is 0.0817. The second-order valence-corrected chi connectivity index (χ2v) is 9.86. The van der Waals surface area contributed by atoms with Crippen molar-refractivity contribution in [2.75, 3.05) is 11.9 Å². The highest BCUT2D eigenvalue weighted by atomic mass is 127. The molecule has 1 N–H and O–H groups in total. The first-order valence-electron chi connectivity index (χ1n) is 10.9. The lowest BCUT2D eigenvalue weighted by Gasteiger charge is -2.30. The number of halogens is 5. The third-order valence-corrected chi connectivity index (χ3v) is 7.23. The van der Waals surface area contributed by atoms with Gasteiger partial charge in [-0.05, 0) is 40.6 Å². The van der Waals surface area contributed by atoms with Crippen LogP contribution in [0.3, 0.4) is 0 Å². The van der Waals surface area contributed by atoms with E-state index in [0.29, 0.717) is 48.6 Å². The van der Waals surface area contributed by atoms with E-state index in [2.05, 4.69) is 15.5 Å². The number of hydrogen-bond donors (Lipinski definition) is 1. The molecule has 1 aromatic carbocycles. The molecule has 0 bridgehead atoms. The number of nitrogens with one attached hydrogen (secondary N) is 1. The fourth-order valence-electron chi connectivity index (χ4n) is 3.67. The molecule has 8 nitrogen and oxygen atoms in total. The van der Waals surface area contributed by atoms with Crippen LogP contribution in [0.4, 0.5) is 19.0 Å². The third kappa shape index (κ3) is 7.42. The zero-order valence-corrected chi connectivity index (χ0v) is 23.7. The van der Waals surface area contributed by atoms with E-state index in [1.54, 1.807) is 13.0 Å². The summed E-state index contributed by atoms with van der Waals surface area (Å²) in [4.78, 5) is 24.1. The number of aromatic nitrogens is 2. The van der Waals surface area contributed by atoms with E-state index >= 15 is 0 Å². The molecule has 0 saturated heterocycles. The van der Waals surface area contributed by atoms with Gasteiger partial charge in [0.1, 0.15) is 0 Å². The summed E-state index contributed by atoms with van der Waals surface area (Å²) in [6.45, 7) is 6.38. The number of hydrazone groups is 1. The molecule has 2 amide bonds. The average Bonchev–Trinajstić information content (AvgIpc) is 3.19. The molecule has 0 spiro atoms. The molecule has 0 radical (unpaired) electrons. The van der Waals surface area contributed by atoms with Crippen molar-refractivity contribution < 1.29 is 22.8 Å². The molecule has 0 saturated carbocycles. The SMILES string of the molecule is C/C(Cl)=C(\C=N/N(C=O)PI)N1CCc2c(c(NC=O)nn2Cc2ccccc2C(F)(F)F)C1.CC. The predicted molar refractivity (Wildman–Crippen MR) is 145 cm³/mol. The first kappa shape index (κ1) is 30.0. The number of alkyl halides is 3. The van der Waals surface area contributed by atoms with Gasteiger partial charge in [0, 0.05) is 35.8 Å². The molecule has 0 aliphatic carbocycles. The number of rotatable bonds is 9. The van der Waals surface area contributed by atoms with Crippen molar-refractivity contribution in [3.05, 3.63) is 57.4 Å². The van der Waals surface area contributed by atoms with E-state index in [1.165, 1.54) is 27.8 Å². The van der Waals surface area contributed by atoms with Crippen molar-refractivity contribution in [1.82, 2.24) is 19.5 Å². The van der Waals surface area contributed by atoms with Crippen LogP contribution < -0.4 is 5.32 Å². The normalized spacial score (nSPS) is 14.3. The molecule has 36 heavy (non-hydrogen) atoms. The molecule has 0 fully saturated rings. The van der Waals surface area contributed by atoms with Crippen molar-refractivity contribution in [1.29, 1.82) is 0 Å². The van der Waals surface area contributed by atoms with E-state index in [9.17, 15) is 22.8 Å². The highest BCUT2D eigenvalue weighted by Gasteiger charge is 2.34. The number of amides is 2. The van der Waals surface area contributed by atoms with Crippen LogP contribution in [0, 0.1) is 0 Å². The Bertz CT molecular complexity index is 1120. The molecule has 1 aliphatic heterocycles. The van der Waals surface area contributed by atoms with Gasteiger partial charge in [0.25, 0.3) is 0 Å². The molecule has 1 aliphatic rings. The van der Waals surface area contributed by atoms with Gasteiger partial charge in [0.05, 0.1) is 30.4 Å². The molecule has 1 atom stereocenters. The topological polar surface area (TPSA) is 82.8 Å². The Labute approximate surface area is 227 Å². The molecule has 1 aromatic heterocycles. The van der Waals surface area contributed by atoms with E-state index in [-0.39, 0.29) is 24.3 Å². The molecule has 14 heteroatoms. The maximum absolute atomic E-state index is 13.5. The lowest BCUT2D eigenvalue weighted by atomic mass is 10.0. The fraction of sp³-hybridized carbons (Fsp3) is 0.364. The summed E-state index contributed by atoms with van der Waals surface area (Å²) in [5.41, 5.74) is 1.34. The summed E-state index contributed by atoms with van der Waals surface area (Å²) in [6, 6.07) is 5.34. The Morgan fingerprint density at radius 1 is 1.33 bits per heavy atom. The zero-order chi connectivity index (χ0) is 26.9. The Hall–Kier alpha value is -2.18. The van der Waals surface area contributed by atoms with Crippen LogP contribution >= 0.6 is 40.0 Å². The summed E-state index contributed by atoms with van der Waals surface area (Å²) in [5, 5.41) is 11.5. The van der Waals surface area contributed by atoms with E-state index in [0.717, 1.165) is 11.8 Å². The number of benzene rings is 1. The lowest BCUT2D eigenvalue weighted by molar-refractivity contribution is -0.138. The number of anilines is 1. The van der Waals surface area contributed by atoms with Gasteiger partial charge in [-0.1, -0.05) is 43.6 Å². The van der Waals surface area contributed by atoms with Crippen LogP contribution in [0.2, 0.25) is 0 Å². The van der Waals surface area contributed by atoms with Gasteiger partial charge in [-0.25, -0.2) is 4.78 Å². The van der Waals surface area contributed by atoms with Crippen LogP contribution in [0.1, 0.15) is 43.2 Å². The second kappa shape index (κ2) is 13.9. The predicted octanol–water partition coefficient (Wildman–Crippen LogP) is 5.76. The number of carbonyl (C=O) groups is 2. The van der Waals surface area contributed by atoms with Crippen molar-refractivity contribution >= 4 is 64.9 Å². The summed E-state index contributed by atoms with van der Waals surface area (Å²) in [5.74, 6) is 0.269. The molecular formula is C22H26ClF3IN6O2P. The van der Waals surface area contributed by atoms with Gasteiger partial charge in [0.2, 0.25) is 12.8 Å². The van der Waals surface area contributed by atoms with Crippen molar-refractivity contribution in [3.8, 4) is 0 Å². The highest BCUT2D eigenvalue weighted by molar-refractivity contribution is 14.2. The van der Waals surface area contributed by atoms with Gasteiger partial charge in [-0.15, -0.1) is 0 Å². The summed E-state index contributed by atoms with van der Waals surface area (Å²) in [6.07, 6.45) is -1.36. The summed E-state index contributed by atoms with van der Waals surface area (Å²) in [7, 11) is 0. The fourth-order valence-corrected chi connectivity index (χ4v) is 4.69. The second-order valence-electron chi connectivity index (χ2n) is 7.22. The quantitative estimate of drug-likeness (QED) is 0.122. The Balaban J connectivity index is 0.00000222. The molecule has 2 aromatic rings. The Kier molecular flexibility index (Phi) is 11.6. The van der Waals surface area contributed by atoms with Crippen LogP contribution in [0.25, 0.3) is 0 Å². The monoisotopic (exact) mass is 656 g/mol. The minimum atomic E-state index is -4.49. The van der Waals surface area contributed by atoms with Crippen molar-refractivity contribution in [2.24, 2.45) is 5.10 Å². The standard InChI is InChI=1S/C20H20ClF3IN6O2P.C2H6/c1-13(21)18(8-27-31(12-33)34-25)29-7-6-17-15(10-29)19(26-11-32)28-30(17)9-14-4-2-3-5-16(14)20(22,23)24;1-2/h2-5,8,11-12,34H,6-7,9-10H2,1H3,(H,26,28,32);1-2H3/b18-13-,27-8-;. The Morgan fingerprint density at radius 2 is 2.03 bits per heavy atom. The Morgan fingerprint density at radius 3 is 2.61 bits per heavy atom. The zero-order valence-electron chi connectivity index (χ0n) is 19.8. The van der Waals surface area contributed by atoms with Gasteiger partial charge < -0.3 is 10.2 Å². The average molecular weight is 657 g/mol. The molecule has 2 heterocycles. The van der Waals surface area contributed by atoms with Crippen molar-refractivity contribution in [3.63, 3.8) is 0 Å². The van der Waals surface area contributed by atoms with Gasteiger partial charge in [0.15, 0.2) is 5.82 Å². The summed E-state index contributed by atoms with van der Waals surface area (Å²) >= 11 is 8.31. The van der Waals surface area contributed by atoms with Gasteiger partial charge in [-0.2, -0.15) is 23.4 Å². The maximum Gasteiger partial charge on any atom is 0.416 e. The molecular weight excluding hydrogens is 631 g/mol. The largest absolute Gasteiger partial charge is 0.416 e. The molecule has 196 valence electrons. The first-order valence-corrected chi connectivity index (χ1v) is 15.3. The first-order chi connectivity index (χ1) is 17.2. The van der Waals surface area contributed by atoms with Crippen LogP contribution in [-0.4, -0.2) is 45.0 Å². The number of nitrogens with zero attached hydrogens (tertiary/aromatic N) is 5. The van der Waals surface area contributed by atoms with Gasteiger partial charge >= 0.3 is 6.18 Å². The van der Waals surface area contributed by atoms with E-state index in [1.807, 2.05) is 40.8 Å².